The number of nitrogens with zero attached hydrogens (tertiary/aromatic N) is 2. The third kappa shape index (κ3) is 3.25. The van der Waals surface area contributed by atoms with E-state index in [-0.39, 0.29) is 17.7 Å². The van der Waals surface area contributed by atoms with E-state index in [1.807, 2.05) is 36.3 Å². The van der Waals surface area contributed by atoms with Gasteiger partial charge in [-0.3, -0.25) is 0 Å². The van der Waals surface area contributed by atoms with Gasteiger partial charge in [-0.05, 0) is 31.4 Å². The van der Waals surface area contributed by atoms with Crippen molar-refractivity contribution in [3.05, 3.63) is 46.0 Å². The van der Waals surface area contributed by atoms with Gasteiger partial charge in [0.2, 0.25) is 0 Å². The highest BCUT2D eigenvalue weighted by atomic mass is 35.5. The van der Waals surface area contributed by atoms with E-state index in [1.165, 1.54) is 4.88 Å². The fourth-order valence-corrected chi connectivity index (χ4v) is 2.76. The predicted octanol–water partition coefficient (Wildman–Crippen LogP) is 4.44. The summed E-state index contributed by atoms with van der Waals surface area (Å²) in [6.45, 7) is 4.72. The van der Waals surface area contributed by atoms with Crippen LogP contribution in [-0.4, -0.2) is 11.0 Å². The molecule has 0 saturated heterocycles. The zero-order valence-electron chi connectivity index (χ0n) is 10.9. The van der Waals surface area contributed by atoms with E-state index in [0.717, 1.165) is 0 Å². The van der Waals surface area contributed by atoms with Crippen molar-refractivity contribution in [2.24, 2.45) is 0 Å². The van der Waals surface area contributed by atoms with Crippen molar-refractivity contribution in [1.29, 1.82) is 0 Å². The fourth-order valence-electron chi connectivity index (χ4n) is 1.85. The van der Waals surface area contributed by atoms with Gasteiger partial charge >= 0.3 is 0 Å². The first-order valence-corrected chi connectivity index (χ1v) is 7.53. The number of hydrogen-bond acceptors (Lipinski definition) is 3. The first kappa shape index (κ1) is 14.3. The molecular weight excluding hydrogens is 283 g/mol. The second kappa shape index (κ2) is 6.35. The number of thiophene rings is 1. The van der Waals surface area contributed by atoms with Crippen molar-refractivity contribution in [1.82, 2.24) is 4.98 Å². The monoisotopic (exact) mass is 298 g/mol. The molecule has 0 radical (unpaired) electrons. The second-order valence-electron chi connectivity index (χ2n) is 4.54. The Hall–Kier alpha value is -1.13. The maximum atomic E-state index is 14.3. The molecule has 0 unspecified atom stereocenters. The van der Waals surface area contributed by atoms with E-state index < -0.39 is 0 Å². The second-order valence-corrected chi connectivity index (χ2v) is 5.84. The average Bonchev–Trinajstić information content (AvgIpc) is 2.89. The van der Waals surface area contributed by atoms with Crippen LogP contribution in [0.4, 0.5) is 10.2 Å². The van der Waals surface area contributed by atoms with Crippen LogP contribution >= 0.6 is 22.9 Å². The minimum atomic E-state index is -0.317. The van der Waals surface area contributed by atoms with Crippen LogP contribution in [0.1, 0.15) is 24.3 Å². The van der Waals surface area contributed by atoms with Gasteiger partial charge in [-0.25, -0.2) is 9.37 Å². The Labute approximate surface area is 121 Å². The van der Waals surface area contributed by atoms with Crippen LogP contribution in [0.15, 0.2) is 29.8 Å². The topological polar surface area (TPSA) is 16.1 Å². The summed E-state index contributed by atoms with van der Waals surface area (Å²) < 4.78 is 14.3. The maximum absolute atomic E-state index is 14.3. The lowest BCUT2D eigenvalue weighted by Crippen LogP contribution is -2.31. The molecule has 0 bridgehead atoms. The molecule has 19 heavy (non-hydrogen) atoms. The highest BCUT2D eigenvalue weighted by Crippen LogP contribution is 2.25. The maximum Gasteiger partial charge on any atom is 0.170 e. The summed E-state index contributed by atoms with van der Waals surface area (Å²) in [5, 5.41) is 2.02. The summed E-state index contributed by atoms with van der Waals surface area (Å²) in [5.41, 5.74) is 0.489. The number of anilines is 1. The fraction of sp³-hybridized carbons (Fsp3) is 0.357. The summed E-state index contributed by atoms with van der Waals surface area (Å²) in [5.74, 6) is 0.219. The molecule has 2 rings (SSSR count). The summed E-state index contributed by atoms with van der Waals surface area (Å²) in [7, 11) is 0. The average molecular weight is 299 g/mol. The molecule has 0 amide bonds. The number of hydrogen-bond donors (Lipinski definition) is 0. The molecule has 0 aliphatic carbocycles. The predicted molar refractivity (Wildman–Crippen MR) is 79.4 cm³/mol. The Balaban J connectivity index is 2.34. The molecule has 102 valence electrons. The summed E-state index contributed by atoms with van der Waals surface area (Å²) in [6, 6.07) is 5.82. The van der Waals surface area contributed by atoms with Crippen LogP contribution in [0.25, 0.3) is 0 Å². The molecule has 0 atom stereocenters. The molecule has 5 heteroatoms. The van der Waals surface area contributed by atoms with Crippen molar-refractivity contribution in [2.45, 2.75) is 32.3 Å². The van der Waals surface area contributed by atoms with E-state index in [4.69, 9.17) is 11.6 Å². The van der Waals surface area contributed by atoms with E-state index in [1.54, 1.807) is 23.6 Å². The number of rotatable bonds is 5. The van der Waals surface area contributed by atoms with Crippen LogP contribution in [0.3, 0.4) is 0 Å². The van der Waals surface area contributed by atoms with Gasteiger partial charge in [0.1, 0.15) is 0 Å². The number of halogens is 2. The molecule has 0 spiro atoms. The molecule has 0 fully saturated rings. The van der Waals surface area contributed by atoms with Gasteiger partial charge in [-0.2, -0.15) is 0 Å². The molecule has 0 aliphatic heterocycles. The zero-order chi connectivity index (χ0) is 13.8. The summed E-state index contributed by atoms with van der Waals surface area (Å²) >= 11 is 7.41. The van der Waals surface area contributed by atoms with Gasteiger partial charge in [0.25, 0.3) is 0 Å². The number of alkyl halides is 1. The van der Waals surface area contributed by atoms with Gasteiger partial charge in [0.15, 0.2) is 11.6 Å². The SMILES string of the molecule is CC(C)N(Cc1cccs1)c1nccc(CCl)c1F. The minimum Gasteiger partial charge on any atom is -0.347 e. The molecule has 2 nitrogen and oxygen atoms in total. The van der Waals surface area contributed by atoms with Crippen molar-refractivity contribution in [2.75, 3.05) is 4.90 Å². The van der Waals surface area contributed by atoms with Gasteiger partial charge in [0, 0.05) is 22.7 Å². The molecule has 2 aromatic rings. The third-order valence-corrected chi connectivity index (χ3v) is 4.05. The zero-order valence-corrected chi connectivity index (χ0v) is 12.5. The van der Waals surface area contributed by atoms with Crippen molar-refractivity contribution in [3.8, 4) is 0 Å². The Kier molecular flexibility index (Phi) is 4.77. The molecular formula is C14H16ClFN2S. The Morgan fingerprint density at radius 3 is 2.79 bits per heavy atom. The standard InChI is InChI=1S/C14H16ClFN2S/c1-10(2)18(9-12-4-3-7-19-12)14-13(16)11(8-15)5-6-17-14/h3-7,10H,8-9H2,1-2H3. The first-order chi connectivity index (χ1) is 9.13. The lowest BCUT2D eigenvalue weighted by molar-refractivity contribution is 0.581. The lowest BCUT2D eigenvalue weighted by atomic mass is 10.2. The molecule has 0 aromatic carbocycles. The molecule has 2 heterocycles. The quantitative estimate of drug-likeness (QED) is 0.759. The normalized spacial score (nSPS) is 11.0. The van der Waals surface area contributed by atoms with Crippen LogP contribution in [0.5, 0.6) is 0 Å². The Bertz CT molecular complexity index is 528. The van der Waals surface area contributed by atoms with Gasteiger partial charge < -0.3 is 4.90 Å². The smallest absolute Gasteiger partial charge is 0.170 e. The third-order valence-electron chi connectivity index (χ3n) is 2.90. The van der Waals surface area contributed by atoms with Gasteiger partial charge in [-0.1, -0.05) is 6.07 Å². The van der Waals surface area contributed by atoms with Crippen LogP contribution in [0, 0.1) is 5.82 Å². The van der Waals surface area contributed by atoms with Crippen LogP contribution in [-0.2, 0) is 12.4 Å². The Morgan fingerprint density at radius 1 is 1.42 bits per heavy atom. The molecule has 2 aromatic heterocycles. The minimum absolute atomic E-state index is 0.159. The lowest BCUT2D eigenvalue weighted by Gasteiger charge is -2.28. The van der Waals surface area contributed by atoms with Gasteiger partial charge in [0.05, 0.1) is 12.4 Å². The number of aromatic nitrogens is 1. The van der Waals surface area contributed by atoms with Crippen molar-refractivity contribution in [3.63, 3.8) is 0 Å². The number of pyridine rings is 1. The largest absolute Gasteiger partial charge is 0.347 e. The van der Waals surface area contributed by atoms with E-state index in [9.17, 15) is 4.39 Å². The van der Waals surface area contributed by atoms with E-state index in [0.29, 0.717) is 17.9 Å². The van der Waals surface area contributed by atoms with E-state index in [2.05, 4.69) is 4.98 Å². The van der Waals surface area contributed by atoms with Crippen molar-refractivity contribution < 1.29 is 4.39 Å². The summed E-state index contributed by atoms with van der Waals surface area (Å²) in [6.07, 6.45) is 1.61. The van der Waals surface area contributed by atoms with Crippen LogP contribution in [0.2, 0.25) is 0 Å². The molecule has 0 saturated carbocycles. The van der Waals surface area contributed by atoms with E-state index >= 15 is 0 Å². The summed E-state index contributed by atoms with van der Waals surface area (Å²) in [4.78, 5) is 7.33. The Morgan fingerprint density at radius 2 is 2.21 bits per heavy atom. The van der Waals surface area contributed by atoms with Crippen LogP contribution < -0.4 is 4.90 Å². The molecule has 0 N–H and O–H groups in total. The van der Waals surface area contributed by atoms with Gasteiger partial charge in [-0.15, -0.1) is 22.9 Å². The first-order valence-electron chi connectivity index (χ1n) is 6.12. The van der Waals surface area contributed by atoms with Crippen molar-refractivity contribution >= 4 is 28.8 Å². The highest BCUT2D eigenvalue weighted by molar-refractivity contribution is 7.09. The molecule has 0 aliphatic rings. The highest BCUT2D eigenvalue weighted by Gasteiger charge is 2.19.